The summed E-state index contributed by atoms with van der Waals surface area (Å²) in [5.41, 5.74) is 1.14. The topological polar surface area (TPSA) is 134 Å². The van der Waals surface area contributed by atoms with Gasteiger partial charge in [0.1, 0.15) is 17.8 Å². The molecule has 3 aromatic rings. The van der Waals surface area contributed by atoms with Crippen molar-refractivity contribution in [1.29, 1.82) is 0 Å². The molecular formula is C28H28N4O6S2. The van der Waals surface area contributed by atoms with Gasteiger partial charge in [0, 0.05) is 23.2 Å². The summed E-state index contributed by atoms with van der Waals surface area (Å²) < 4.78 is 27.2. The van der Waals surface area contributed by atoms with Crippen LogP contribution in [0.15, 0.2) is 66.2 Å². The zero-order valence-corrected chi connectivity index (χ0v) is 23.4. The molecular weight excluding hydrogens is 552 g/mol. The number of thiophene rings is 1. The summed E-state index contributed by atoms with van der Waals surface area (Å²) in [5, 5.41) is 3.59. The molecule has 2 aliphatic rings. The lowest BCUT2D eigenvalue weighted by Crippen LogP contribution is -2.52. The van der Waals surface area contributed by atoms with E-state index in [1.54, 1.807) is 29.5 Å². The van der Waals surface area contributed by atoms with E-state index in [0.29, 0.717) is 18.4 Å². The first-order chi connectivity index (χ1) is 19.2. The van der Waals surface area contributed by atoms with Gasteiger partial charge in [-0.2, -0.15) is 4.31 Å². The second-order valence-electron chi connectivity index (χ2n) is 9.72. The van der Waals surface area contributed by atoms with Gasteiger partial charge in [0.15, 0.2) is 5.78 Å². The van der Waals surface area contributed by atoms with Crippen LogP contribution in [0, 0.1) is 0 Å². The maximum Gasteiger partial charge on any atom is 0.310 e. The first kappa shape index (κ1) is 27.8. The Labute approximate surface area is 236 Å². The van der Waals surface area contributed by atoms with Gasteiger partial charge >= 0.3 is 5.12 Å². The van der Waals surface area contributed by atoms with Crippen LogP contribution in [0.25, 0.3) is 10.4 Å². The third-order valence-electron chi connectivity index (χ3n) is 7.21. The van der Waals surface area contributed by atoms with E-state index in [1.807, 2.05) is 36.6 Å². The number of ketones is 1. The molecule has 3 atom stereocenters. The predicted octanol–water partition coefficient (Wildman–Crippen LogP) is 2.73. The number of hydrogen-bond acceptors (Lipinski definition) is 8. The van der Waals surface area contributed by atoms with Crippen molar-refractivity contribution in [2.45, 2.75) is 44.3 Å². The molecule has 0 radical (unpaired) electrons. The van der Waals surface area contributed by atoms with Crippen molar-refractivity contribution in [1.82, 2.24) is 19.5 Å². The van der Waals surface area contributed by atoms with Crippen LogP contribution in [-0.4, -0.2) is 76.5 Å². The fourth-order valence-electron chi connectivity index (χ4n) is 5.28. The maximum absolute atomic E-state index is 13.6. The molecule has 0 bridgehead atoms. The summed E-state index contributed by atoms with van der Waals surface area (Å²) in [6, 6.07) is 12.6. The number of Topliss-reactive ketones (excluding diaryl/α,β-unsaturated/α-hetero) is 1. The van der Waals surface area contributed by atoms with E-state index in [4.69, 9.17) is 0 Å². The number of benzene rings is 1. The molecule has 5 rings (SSSR count). The molecule has 40 heavy (non-hydrogen) atoms. The highest BCUT2D eigenvalue weighted by atomic mass is 32.2. The number of sulfonamides is 1. The summed E-state index contributed by atoms with van der Waals surface area (Å²) >= 11 is 1.59. The Morgan fingerprint density at radius 3 is 2.52 bits per heavy atom. The average molecular weight is 581 g/mol. The van der Waals surface area contributed by atoms with Crippen LogP contribution in [0.2, 0.25) is 0 Å². The highest BCUT2D eigenvalue weighted by Crippen LogP contribution is 2.33. The predicted molar refractivity (Wildman–Crippen MR) is 149 cm³/mol. The number of pyridine rings is 1. The third kappa shape index (κ3) is 5.21. The Balaban J connectivity index is 1.30. The van der Waals surface area contributed by atoms with Gasteiger partial charge < -0.3 is 10.2 Å². The Bertz CT molecular complexity index is 1520. The lowest BCUT2D eigenvalue weighted by molar-refractivity contribution is -0.138. The highest BCUT2D eigenvalue weighted by molar-refractivity contribution is 8.04. The molecule has 2 aliphatic heterocycles. The minimum absolute atomic E-state index is 0.134. The Hall–Kier alpha value is -3.74. The van der Waals surface area contributed by atoms with E-state index >= 15 is 0 Å². The summed E-state index contributed by atoms with van der Waals surface area (Å²) in [6.45, 7) is 1.52. The number of amides is 2. The van der Waals surface area contributed by atoms with Gasteiger partial charge in [0.25, 0.3) is 15.9 Å². The van der Waals surface area contributed by atoms with Crippen molar-refractivity contribution < 1.29 is 27.6 Å². The first-order valence-electron chi connectivity index (χ1n) is 13.0. The van der Waals surface area contributed by atoms with Crippen LogP contribution in [0.5, 0.6) is 0 Å². The molecule has 1 aromatic carbocycles. The SMILES string of the molecule is CCCC(NC(=O)c1ccc(-c2cccs2)cc1)C(=O)N1CCC2C1C(=O)CN2S(=O)(=O)C(=O)c1ccccn1. The van der Waals surface area contributed by atoms with Crippen molar-refractivity contribution in [3.05, 3.63) is 77.4 Å². The van der Waals surface area contributed by atoms with Crippen LogP contribution < -0.4 is 5.32 Å². The summed E-state index contributed by atoms with van der Waals surface area (Å²) in [6.07, 6.45) is 2.47. The molecule has 2 amide bonds. The van der Waals surface area contributed by atoms with Crippen LogP contribution in [0.4, 0.5) is 0 Å². The number of aromatic nitrogens is 1. The van der Waals surface area contributed by atoms with Gasteiger partial charge in [0.2, 0.25) is 5.91 Å². The van der Waals surface area contributed by atoms with Crippen molar-refractivity contribution in [2.24, 2.45) is 0 Å². The van der Waals surface area contributed by atoms with Gasteiger partial charge in [0.05, 0.1) is 12.6 Å². The summed E-state index contributed by atoms with van der Waals surface area (Å²) in [4.78, 5) is 58.7. The highest BCUT2D eigenvalue weighted by Gasteiger charge is 2.55. The van der Waals surface area contributed by atoms with E-state index in [2.05, 4.69) is 10.3 Å². The molecule has 1 N–H and O–H groups in total. The smallest absolute Gasteiger partial charge is 0.310 e. The molecule has 0 spiro atoms. The van der Waals surface area contributed by atoms with Gasteiger partial charge in [-0.1, -0.05) is 37.6 Å². The molecule has 2 saturated heterocycles. The monoisotopic (exact) mass is 580 g/mol. The normalized spacial score (nSPS) is 19.8. The fraction of sp³-hybridized carbons (Fsp3) is 0.321. The minimum atomic E-state index is -4.53. The maximum atomic E-state index is 13.6. The molecule has 4 heterocycles. The largest absolute Gasteiger partial charge is 0.340 e. The summed E-state index contributed by atoms with van der Waals surface area (Å²) in [7, 11) is -4.53. The third-order valence-corrected chi connectivity index (χ3v) is 9.83. The van der Waals surface area contributed by atoms with Crippen molar-refractivity contribution >= 4 is 44.1 Å². The van der Waals surface area contributed by atoms with Gasteiger partial charge in [-0.15, -0.1) is 11.3 Å². The summed E-state index contributed by atoms with van der Waals surface area (Å²) in [5.74, 6) is -1.32. The number of hydrogen-bond donors (Lipinski definition) is 1. The van der Waals surface area contributed by atoms with Crippen molar-refractivity contribution in [3.8, 4) is 10.4 Å². The molecule has 0 saturated carbocycles. The molecule has 3 unspecified atom stereocenters. The van der Waals surface area contributed by atoms with E-state index < -0.39 is 57.4 Å². The molecule has 10 nitrogen and oxygen atoms in total. The van der Waals surface area contributed by atoms with Crippen LogP contribution in [0.3, 0.4) is 0 Å². The van der Waals surface area contributed by atoms with E-state index in [9.17, 15) is 27.6 Å². The van der Waals surface area contributed by atoms with Crippen LogP contribution >= 0.6 is 11.3 Å². The number of fused-ring (bicyclic) bond motifs is 1. The number of nitrogens with zero attached hydrogens (tertiary/aromatic N) is 3. The van der Waals surface area contributed by atoms with Gasteiger partial charge in [-0.3, -0.25) is 24.2 Å². The Kier molecular flexibility index (Phi) is 7.92. The lowest BCUT2D eigenvalue weighted by Gasteiger charge is -2.28. The molecule has 0 aliphatic carbocycles. The van der Waals surface area contributed by atoms with E-state index in [1.165, 1.54) is 23.2 Å². The number of carbonyl (C=O) groups is 4. The first-order valence-corrected chi connectivity index (χ1v) is 15.3. The minimum Gasteiger partial charge on any atom is -0.340 e. The van der Waals surface area contributed by atoms with Crippen LogP contribution in [-0.2, 0) is 19.6 Å². The quantitative estimate of drug-likeness (QED) is 0.433. The van der Waals surface area contributed by atoms with Crippen LogP contribution in [0.1, 0.15) is 47.0 Å². The molecule has 208 valence electrons. The average Bonchev–Trinajstić information content (AvgIpc) is 3.72. The number of nitrogens with one attached hydrogen (secondary N) is 1. The lowest BCUT2D eigenvalue weighted by atomic mass is 10.1. The second-order valence-corrected chi connectivity index (χ2v) is 12.5. The standard InChI is InChI=1S/C28H28N4O6S2/c1-2-6-20(30-26(34)19-11-9-18(10-12-19)24-8-5-16-39-24)27(35)31-15-13-22-25(31)23(33)17-32(22)40(37,38)28(36)21-7-3-4-14-29-21/h3-5,7-12,14,16,20,22,25H,2,6,13,15,17H2,1H3,(H,30,34). The Morgan fingerprint density at radius 1 is 1.10 bits per heavy atom. The van der Waals surface area contributed by atoms with E-state index in [-0.39, 0.29) is 18.7 Å². The van der Waals surface area contributed by atoms with E-state index in [0.717, 1.165) is 14.7 Å². The molecule has 12 heteroatoms. The van der Waals surface area contributed by atoms with Gasteiger partial charge in [-0.05, 0) is 54.1 Å². The number of likely N-dealkylation sites (tertiary alicyclic amines) is 1. The number of rotatable bonds is 8. The zero-order valence-electron chi connectivity index (χ0n) is 21.7. The fourth-order valence-corrected chi connectivity index (χ4v) is 7.48. The van der Waals surface area contributed by atoms with Crippen molar-refractivity contribution in [2.75, 3.05) is 13.1 Å². The Morgan fingerprint density at radius 2 is 1.88 bits per heavy atom. The zero-order chi connectivity index (χ0) is 28.4. The number of carbonyl (C=O) groups excluding carboxylic acids is 4. The van der Waals surface area contributed by atoms with Gasteiger partial charge in [-0.25, -0.2) is 8.42 Å². The van der Waals surface area contributed by atoms with Crippen molar-refractivity contribution in [3.63, 3.8) is 0 Å². The second kappa shape index (κ2) is 11.4. The molecule has 2 fully saturated rings. The molecule has 2 aromatic heterocycles.